The van der Waals surface area contributed by atoms with Crippen LogP contribution in [0.1, 0.15) is 61.6 Å². The first kappa shape index (κ1) is 16.9. The van der Waals surface area contributed by atoms with E-state index < -0.39 is 12.3 Å². The van der Waals surface area contributed by atoms with E-state index in [1.54, 1.807) is 6.07 Å². The molecule has 1 aromatic heterocycles. The van der Waals surface area contributed by atoms with Crippen LogP contribution in [0, 0.1) is 0 Å². The number of urea groups is 1. The van der Waals surface area contributed by atoms with E-state index in [0.29, 0.717) is 5.56 Å². The lowest BCUT2D eigenvalue weighted by Gasteiger charge is -2.18. The molecule has 1 saturated carbocycles. The average Bonchev–Trinajstić information content (AvgIpc) is 3.35. The normalized spacial score (nSPS) is 19.7. The number of aryl methyl sites for hydroxylation is 1. The average molecular weight is 362 g/mol. The summed E-state index contributed by atoms with van der Waals surface area (Å²) in [6.07, 6.45) is 3.26. The largest absolute Gasteiger partial charge is 0.335 e. The van der Waals surface area contributed by atoms with Crippen LogP contribution in [0.3, 0.4) is 0 Å². The van der Waals surface area contributed by atoms with Crippen molar-refractivity contribution in [2.45, 2.75) is 57.0 Å². The number of rotatable bonds is 4. The molecular weight excluding hydrogens is 342 g/mol. The molecule has 1 atom stereocenters. The highest BCUT2D eigenvalue weighted by atomic mass is 19.3. The minimum atomic E-state index is -2.78. The molecule has 138 valence electrons. The summed E-state index contributed by atoms with van der Waals surface area (Å²) < 4.78 is 29.7. The van der Waals surface area contributed by atoms with Crippen LogP contribution in [-0.2, 0) is 6.42 Å². The summed E-state index contributed by atoms with van der Waals surface area (Å²) in [7, 11) is 0. The van der Waals surface area contributed by atoms with Gasteiger partial charge in [-0.2, -0.15) is 13.8 Å². The molecule has 0 bridgehead atoms. The second-order valence-corrected chi connectivity index (χ2v) is 6.86. The van der Waals surface area contributed by atoms with Crippen LogP contribution >= 0.6 is 0 Å². The third kappa shape index (κ3) is 3.40. The number of aromatic nitrogens is 2. The van der Waals surface area contributed by atoms with Gasteiger partial charge in [0.2, 0.25) is 5.82 Å². The summed E-state index contributed by atoms with van der Waals surface area (Å²) in [6.45, 7) is 0. The fourth-order valence-corrected chi connectivity index (χ4v) is 3.80. The van der Waals surface area contributed by atoms with E-state index in [0.717, 1.165) is 36.8 Å². The maximum absolute atomic E-state index is 12.6. The van der Waals surface area contributed by atoms with Crippen LogP contribution in [0.5, 0.6) is 0 Å². The van der Waals surface area contributed by atoms with E-state index in [-0.39, 0.29) is 23.9 Å². The van der Waals surface area contributed by atoms with Gasteiger partial charge in [0, 0.05) is 11.6 Å². The molecule has 26 heavy (non-hydrogen) atoms. The number of benzene rings is 1. The molecule has 4 rings (SSSR count). The van der Waals surface area contributed by atoms with Crippen molar-refractivity contribution in [3.05, 3.63) is 35.2 Å². The van der Waals surface area contributed by atoms with Crippen molar-refractivity contribution >= 4 is 6.03 Å². The molecule has 0 spiro atoms. The van der Waals surface area contributed by atoms with Gasteiger partial charge in [-0.25, -0.2) is 4.79 Å². The zero-order chi connectivity index (χ0) is 18.1. The second-order valence-electron chi connectivity index (χ2n) is 6.86. The zero-order valence-electron chi connectivity index (χ0n) is 14.2. The van der Waals surface area contributed by atoms with Crippen LogP contribution in [-0.4, -0.2) is 22.2 Å². The Balaban J connectivity index is 1.44. The summed E-state index contributed by atoms with van der Waals surface area (Å²) >= 11 is 0. The van der Waals surface area contributed by atoms with Crippen LogP contribution in [0.25, 0.3) is 11.4 Å². The third-order valence-electron chi connectivity index (χ3n) is 5.10. The van der Waals surface area contributed by atoms with Gasteiger partial charge < -0.3 is 15.2 Å². The van der Waals surface area contributed by atoms with Gasteiger partial charge in [-0.15, -0.1) is 0 Å². The van der Waals surface area contributed by atoms with Crippen molar-refractivity contribution in [1.82, 2.24) is 20.8 Å². The number of carbonyl (C=O) groups is 1. The summed E-state index contributed by atoms with van der Waals surface area (Å²) in [4.78, 5) is 15.9. The van der Waals surface area contributed by atoms with Gasteiger partial charge in [0.15, 0.2) is 0 Å². The fourth-order valence-electron chi connectivity index (χ4n) is 3.80. The Labute approximate surface area is 149 Å². The Morgan fingerprint density at radius 1 is 1.19 bits per heavy atom. The number of halogens is 2. The molecule has 1 fully saturated rings. The highest BCUT2D eigenvalue weighted by Gasteiger charge is 2.26. The van der Waals surface area contributed by atoms with Crippen molar-refractivity contribution in [1.29, 1.82) is 0 Å². The van der Waals surface area contributed by atoms with Gasteiger partial charge >= 0.3 is 12.5 Å². The van der Waals surface area contributed by atoms with Crippen molar-refractivity contribution in [3.63, 3.8) is 0 Å². The number of amides is 2. The Hall–Kier alpha value is -2.51. The van der Waals surface area contributed by atoms with Crippen LogP contribution < -0.4 is 10.6 Å². The monoisotopic (exact) mass is 362 g/mol. The predicted molar refractivity (Wildman–Crippen MR) is 89.7 cm³/mol. The first-order chi connectivity index (χ1) is 12.6. The molecule has 0 unspecified atom stereocenters. The molecule has 1 aromatic carbocycles. The van der Waals surface area contributed by atoms with E-state index in [1.807, 2.05) is 12.1 Å². The number of hydrogen-bond acceptors (Lipinski definition) is 4. The first-order valence-corrected chi connectivity index (χ1v) is 8.92. The number of nitrogens with zero attached hydrogens (tertiary/aromatic N) is 2. The SMILES string of the molecule is O=C(NC1CCCC1)N[C@@H]1CCc2cc(-c3noc(C(F)F)n3)ccc21. The molecule has 2 aliphatic carbocycles. The molecule has 1 heterocycles. The van der Waals surface area contributed by atoms with Crippen LogP contribution in [0.15, 0.2) is 22.7 Å². The van der Waals surface area contributed by atoms with Crippen molar-refractivity contribution < 1.29 is 18.1 Å². The topological polar surface area (TPSA) is 80.0 Å². The molecule has 6 nitrogen and oxygen atoms in total. The minimum absolute atomic E-state index is 0.0395. The molecule has 8 heteroatoms. The van der Waals surface area contributed by atoms with Crippen molar-refractivity contribution in [2.75, 3.05) is 0 Å². The van der Waals surface area contributed by atoms with Gasteiger partial charge in [-0.3, -0.25) is 0 Å². The van der Waals surface area contributed by atoms with E-state index in [4.69, 9.17) is 0 Å². The predicted octanol–water partition coefficient (Wildman–Crippen LogP) is 3.90. The number of hydrogen-bond donors (Lipinski definition) is 2. The Morgan fingerprint density at radius 3 is 2.73 bits per heavy atom. The van der Waals surface area contributed by atoms with E-state index in [2.05, 4.69) is 25.3 Å². The van der Waals surface area contributed by atoms with Crippen molar-refractivity contribution in [3.8, 4) is 11.4 Å². The van der Waals surface area contributed by atoms with Gasteiger partial charge in [0.1, 0.15) is 0 Å². The third-order valence-corrected chi connectivity index (χ3v) is 5.10. The molecule has 2 amide bonds. The molecule has 2 aliphatic rings. The Kier molecular flexibility index (Phi) is 4.57. The van der Waals surface area contributed by atoms with Crippen molar-refractivity contribution in [2.24, 2.45) is 0 Å². The second kappa shape index (κ2) is 7.01. The van der Waals surface area contributed by atoms with Crippen LogP contribution in [0.4, 0.5) is 13.6 Å². The molecule has 2 aromatic rings. The number of alkyl halides is 2. The Morgan fingerprint density at radius 2 is 2.00 bits per heavy atom. The molecule has 0 saturated heterocycles. The first-order valence-electron chi connectivity index (χ1n) is 8.92. The summed E-state index contributed by atoms with van der Waals surface area (Å²) in [5.41, 5.74) is 2.75. The quantitative estimate of drug-likeness (QED) is 0.864. The van der Waals surface area contributed by atoms with Crippen LogP contribution in [0.2, 0.25) is 0 Å². The number of fused-ring (bicyclic) bond motifs is 1. The summed E-state index contributed by atoms with van der Waals surface area (Å²) in [6, 6.07) is 5.66. The maximum atomic E-state index is 12.6. The van der Waals surface area contributed by atoms with Gasteiger partial charge in [0.25, 0.3) is 5.89 Å². The highest BCUT2D eigenvalue weighted by molar-refractivity contribution is 5.75. The molecular formula is C18H20F2N4O2. The smallest absolute Gasteiger partial charge is 0.315 e. The van der Waals surface area contributed by atoms with E-state index in [9.17, 15) is 13.6 Å². The highest BCUT2D eigenvalue weighted by Crippen LogP contribution is 2.34. The molecule has 0 radical (unpaired) electrons. The Bertz CT molecular complexity index is 802. The maximum Gasteiger partial charge on any atom is 0.315 e. The molecule has 0 aliphatic heterocycles. The number of nitrogens with one attached hydrogen (secondary N) is 2. The van der Waals surface area contributed by atoms with E-state index >= 15 is 0 Å². The molecule has 2 N–H and O–H groups in total. The van der Waals surface area contributed by atoms with E-state index in [1.165, 1.54) is 12.8 Å². The van der Waals surface area contributed by atoms with Gasteiger partial charge in [-0.1, -0.05) is 30.1 Å². The lowest BCUT2D eigenvalue weighted by Crippen LogP contribution is -2.42. The standard InChI is InChI=1S/C18H20F2N4O2/c19-15(20)17-23-16(24-26-17)11-5-7-13-10(9-11)6-8-14(13)22-18(25)21-12-3-1-2-4-12/h5,7,9,12,14-15H,1-4,6,8H2,(H2,21,22,25)/t14-/m1/s1. The van der Waals surface area contributed by atoms with Gasteiger partial charge in [0.05, 0.1) is 6.04 Å². The minimum Gasteiger partial charge on any atom is -0.335 e. The lowest BCUT2D eigenvalue weighted by atomic mass is 10.0. The summed E-state index contributed by atoms with van der Waals surface area (Å²) in [5.74, 6) is -0.526. The van der Waals surface area contributed by atoms with Gasteiger partial charge in [-0.05, 0) is 42.9 Å². The summed E-state index contributed by atoms with van der Waals surface area (Å²) in [5, 5.41) is 9.69. The zero-order valence-corrected chi connectivity index (χ0v) is 14.2. The number of carbonyl (C=O) groups excluding carboxylic acids is 1. The lowest BCUT2D eigenvalue weighted by molar-refractivity contribution is 0.106. The fraction of sp³-hybridized carbons (Fsp3) is 0.500.